The third-order valence-electron chi connectivity index (χ3n) is 3.82. The average Bonchev–Trinajstić information content (AvgIpc) is 2.69. The van der Waals surface area contributed by atoms with Gasteiger partial charge in [0, 0.05) is 19.8 Å². The highest BCUT2D eigenvalue weighted by Crippen LogP contribution is 2.27. The van der Waals surface area contributed by atoms with Crippen molar-refractivity contribution in [2.24, 2.45) is 0 Å². The minimum Gasteiger partial charge on any atom is -0.480 e. The van der Waals surface area contributed by atoms with Crippen molar-refractivity contribution in [1.82, 2.24) is 10.6 Å². The lowest BCUT2D eigenvalue weighted by Crippen LogP contribution is -2.57. The van der Waals surface area contributed by atoms with Crippen molar-refractivity contribution in [2.45, 2.75) is 63.8 Å². The van der Waals surface area contributed by atoms with Gasteiger partial charge in [0.05, 0.1) is 0 Å². The van der Waals surface area contributed by atoms with Crippen molar-refractivity contribution in [1.29, 1.82) is 0 Å². The molecule has 0 unspecified atom stereocenters. The Kier molecular flexibility index (Phi) is 8.12. The highest BCUT2D eigenvalue weighted by molar-refractivity contribution is 5.86. The Balaban J connectivity index is 2.33. The molecule has 6 heteroatoms. The van der Waals surface area contributed by atoms with Gasteiger partial charge in [0.1, 0.15) is 5.54 Å². The molecule has 0 spiro atoms. The first-order valence-corrected chi connectivity index (χ1v) is 7.98. The molecule has 1 aliphatic carbocycles. The summed E-state index contributed by atoms with van der Waals surface area (Å²) in [5, 5.41) is 14.9. The summed E-state index contributed by atoms with van der Waals surface area (Å²) in [4.78, 5) is 23.4. The predicted molar refractivity (Wildman–Crippen MR) is 80.3 cm³/mol. The molecule has 3 N–H and O–H groups in total. The third-order valence-corrected chi connectivity index (χ3v) is 3.82. The number of hydrogen-bond donors (Lipinski definition) is 3. The van der Waals surface area contributed by atoms with Crippen molar-refractivity contribution in [3.05, 3.63) is 0 Å². The third kappa shape index (κ3) is 6.33. The van der Waals surface area contributed by atoms with E-state index in [0.717, 1.165) is 45.1 Å². The lowest BCUT2D eigenvalue weighted by molar-refractivity contribution is -0.145. The number of carbonyl (C=O) groups is 2. The first-order valence-electron chi connectivity index (χ1n) is 7.98. The van der Waals surface area contributed by atoms with E-state index in [-0.39, 0.29) is 0 Å². The van der Waals surface area contributed by atoms with Gasteiger partial charge in [-0.05, 0) is 25.7 Å². The van der Waals surface area contributed by atoms with Crippen LogP contribution < -0.4 is 10.6 Å². The van der Waals surface area contributed by atoms with Gasteiger partial charge in [0.15, 0.2) is 0 Å². The van der Waals surface area contributed by atoms with Crippen LogP contribution in [0.4, 0.5) is 4.79 Å². The monoisotopic (exact) mass is 300 g/mol. The minimum atomic E-state index is -1.10. The van der Waals surface area contributed by atoms with Crippen molar-refractivity contribution in [3.8, 4) is 0 Å². The number of carboxylic acids is 1. The molecule has 0 saturated heterocycles. The van der Waals surface area contributed by atoms with Crippen LogP contribution in [-0.4, -0.2) is 42.4 Å². The van der Waals surface area contributed by atoms with Gasteiger partial charge < -0.3 is 20.5 Å². The largest absolute Gasteiger partial charge is 0.480 e. The Morgan fingerprint density at radius 2 is 1.81 bits per heavy atom. The number of carbonyl (C=O) groups excluding carboxylic acids is 1. The zero-order valence-electron chi connectivity index (χ0n) is 13.0. The standard InChI is InChI=1S/C15H28N2O4/c1-2-11-21-12-7-10-16-14(20)17-15(13(18)19)8-5-3-4-6-9-15/h2-12H2,1H3,(H,18,19)(H2,16,17,20). The maximum absolute atomic E-state index is 11.9. The number of amides is 2. The zero-order chi connectivity index (χ0) is 15.6. The fraction of sp³-hybridized carbons (Fsp3) is 0.867. The highest BCUT2D eigenvalue weighted by Gasteiger charge is 2.39. The van der Waals surface area contributed by atoms with E-state index in [1.54, 1.807) is 0 Å². The molecule has 21 heavy (non-hydrogen) atoms. The second-order valence-corrected chi connectivity index (χ2v) is 5.65. The lowest BCUT2D eigenvalue weighted by Gasteiger charge is -2.29. The molecule has 0 aromatic carbocycles. The Hall–Kier alpha value is -1.30. The molecule has 0 aliphatic heterocycles. The van der Waals surface area contributed by atoms with Gasteiger partial charge in [-0.3, -0.25) is 0 Å². The summed E-state index contributed by atoms with van der Waals surface area (Å²) in [6, 6.07) is -0.394. The van der Waals surface area contributed by atoms with Gasteiger partial charge in [-0.2, -0.15) is 0 Å². The molecule has 0 aromatic heterocycles. The first-order chi connectivity index (χ1) is 10.1. The van der Waals surface area contributed by atoms with Crippen LogP contribution in [0.25, 0.3) is 0 Å². The molecule has 1 saturated carbocycles. The highest BCUT2D eigenvalue weighted by atomic mass is 16.5. The molecule has 0 aromatic rings. The second-order valence-electron chi connectivity index (χ2n) is 5.65. The molecular formula is C15H28N2O4. The maximum Gasteiger partial charge on any atom is 0.329 e. The van der Waals surface area contributed by atoms with Crippen LogP contribution >= 0.6 is 0 Å². The van der Waals surface area contributed by atoms with Gasteiger partial charge in [0.25, 0.3) is 0 Å². The van der Waals surface area contributed by atoms with Crippen LogP contribution in [0.5, 0.6) is 0 Å². The van der Waals surface area contributed by atoms with E-state index < -0.39 is 17.5 Å². The summed E-state index contributed by atoms with van der Waals surface area (Å²) in [7, 11) is 0. The van der Waals surface area contributed by atoms with Gasteiger partial charge >= 0.3 is 12.0 Å². The lowest BCUT2D eigenvalue weighted by atomic mass is 9.90. The van der Waals surface area contributed by atoms with Gasteiger partial charge in [-0.1, -0.05) is 32.6 Å². The normalized spacial score (nSPS) is 17.8. The van der Waals surface area contributed by atoms with Crippen LogP contribution in [0.15, 0.2) is 0 Å². The van der Waals surface area contributed by atoms with Crippen LogP contribution in [0.2, 0.25) is 0 Å². The number of rotatable bonds is 8. The SMILES string of the molecule is CCCOCCCNC(=O)NC1(C(=O)O)CCCCCC1. The quantitative estimate of drug-likeness (QED) is 0.474. The summed E-state index contributed by atoms with van der Waals surface area (Å²) in [5.74, 6) is -0.925. The van der Waals surface area contributed by atoms with E-state index in [1.807, 2.05) is 6.92 Å². The molecule has 1 fully saturated rings. The van der Waals surface area contributed by atoms with E-state index in [9.17, 15) is 14.7 Å². The van der Waals surface area contributed by atoms with Crippen molar-refractivity contribution < 1.29 is 19.4 Å². The number of carboxylic acid groups (broad SMARTS) is 1. The summed E-state index contributed by atoms with van der Waals surface area (Å²) in [5.41, 5.74) is -1.10. The van der Waals surface area contributed by atoms with Crippen molar-refractivity contribution >= 4 is 12.0 Å². The van der Waals surface area contributed by atoms with Crippen LogP contribution in [0.1, 0.15) is 58.3 Å². The molecular weight excluding hydrogens is 272 g/mol. The fourth-order valence-electron chi connectivity index (χ4n) is 2.61. The molecule has 0 atom stereocenters. The summed E-state index contributed by atoms with van der Waals surface area (Å²) in [6.07, 6.45) is 6.49. The molecule has 122 valence electrons. The van der Waals surface area contributed by atoms with Gasteiger partial charge in [0.2, 0.25) is 0 Å². The molecule has 6 nitrogen and oxygen atoms in total. The molecule has 0 heterocycles. The number of hydrogen-bond acceptors (Lipinski definition) is 3. The van der Waals surface area contributed by atoms with E-state index in [2.05, 4.69) is 10.6 Å². The number of nitrogens with one attached hydrogen (secondary N) is 2. The van der Waals surface area contributed by atoms with Gasteiger partial charge in [-0.15, -0.1) is 0 Å². The van der Waals surface area contributed by atoms with E-state index >= 15 is 0 Å². The fourth-order valence-corrected chi connectivity index (χ4v) is 2.61. The minimum absolute atomic E-state index is 0.394. The smallest absolute Gasteiger partial charge is 0.329 e. The Labute approximate surface area is 126 Å². The molecule has 1 aliphatic rings. The Morgan fingerprint density at radius 1 is 1.14 bits per heavy atom. The summed E-state index contributed by atoms with van der Waals surface area (Å²) >= 11 is 0. The molecule has 0 radical (unpaired) electrons. The van der Waals surface area contributed by atoms with Crippen LogP contribution in [0, 0.1) is 0 Å². The Bertz CT molecular complexity index is 326. The molecule has 1 rings (SSSR count). The van der Waals surface area contributed by atoms with E-state index in [1.165, 1.54) is 0 Å². The van der Waals surface area contributed by atoms with E-state index in [4.69, 9.17) is 4.74 Å². The number of ether oxygens (including phenoxy) is 1. The zero-order valence-corrected chi connectivity index (χ0v) is 13.0. The predicted octanol–water partition coefficient (Wildman–Crippen LogP) is 2.28. The number of urea groups is 1. The maximum atomic E-state index is 11.9. The average molecular weight is 300 g/mol. The van der Waals surface area contributed by atoms with Crippen LogP contribution in [-0.2, 0) is 9.53 Å². The molecule has 0 bridgehead atoms. The summed E-state index contributed by atoms with van der Waals surface area (Å²) in [6.45, 7) is 3.88. The molecule has 2 amide bonds. The number of aliphatic carboxylic acids is 1. The van der Waals surface area contributed by atoms with Crippen LogP contribution in [0.3, 0.4) is 0 Å². The van der Waals surface area contributed by atoms with Gasteiger partial charge in [-0.25, -0.2) is 9.59 Å². The summed E-state index contributed by atoms with van der Waals surface area (Å²) < 4.78 is 5.32. The topological polar surface area (TPSA) is 87.7 Å². The first kappa shape index (κ1) is 17.8. The van der Waals surface area contributed by atoms with E-state index in [0.29, 0.717) is 26.0 Å². The van der Waals surface area contributed by atoms with Crippen molar-refractivity contribution in [3.63, 3.8) is 0 Å². The van der Waals surface area contributed by atoms with Crippen molar-refractivity contribution in [2.75, 3.05) is 19.8 Å². The Morgan fingerprint density at radius 3 is 2.38 bits per heavy atom. The second kappa shape index (κ2) is 9.60.